The van der Waals surface area contributed by atoms with Crippen LogP contribution >= 0.6 is 0 Å². The molecule has 0 bridgehead atoms. The first-order chi connectivity index (χ1) is 15.4. The van der Waals surface area contributed by atoms with E-state index in [1.54, 1.807) is 25.3 Å². The fraction of sp³-hybridized carbons (Fsp3) is 0.360. The second-order valence-electron chi connectivity index (χ2n) is 7.85. The number of likely N-dealkylation sites (tertiary alicyclic amines) is 1. The quantitative estimate of drug-likeness (QED) is 0.638. The van der Waals surface area contributed by atoms with Gasteiger partial charge in [-0.25, -0.2) is 0 Å². The van der Waals surface area contributed by atoms with Crippen molar-refractivity contribution in [2.24, 2.45) is 0 Å². The summed E-state index contributed by atoms with van der Waals surface area (Å²) in [5.41, 5.74) is 2.70. The molecule has 0 aliphatic carbocycles. The van der Waals surface area contributed by atoms with Crippen molar-refractivity contribution >= 4 is 18.0 Å². The normalized spacial score (nSPS) is 18.8. The third-order valence-corrected chi connectivity index (χ3v) is 5.52. The van der Waals surface area contributed by atoms with E-state index in [9.17, 15) is 9.59 Å². The van der Waals surface area contributed by atoms with Gasteiger partial charge >= 0.3 is 5.97 Å². The van der Waals surface area contributed by atoms with Gasteiger partial charge in [0.05, 0.1) is 21.3 Å². The van der Waals surface area contributed by atoms with Gasteiger partial charge in [0.15, 0.2) is 11.5 Å². The van der Waals surface area contributed by atoms with Crippen LogP contribution in [0.5, 0.6) is 11.5 Å². The maximum Gasteiger partial charge on any atom is 0.323 e. The topological polar surface area (TPSA) is 77.1 Å². The summed E-state index contributed by atoms with van der Waals surface area (Å²) >= 11 is 0. The van der Waals surface area contributed by atoms with Gasteiger partial charge in [-0.3, -0.25) is 14.5 Å². The van der Waals surface area contributed by atoms with Crippen molar-refractivity contribution in [1.82, 2.24) is 10.2 Å². The van der Waals surface area contributed by atoms with Crippen LogP contribution in [0.15, 0.2) is 54.1 Å². The summed E-state index contributed by atoms with van der Waals surface area (Å²) in [4.78, 5) is 27.3. The first-order valence-corrected chi connectivity index (χ1v) is 10.5. The van der Waals surface area contributed by atoms with Gasteiger partial charge in [0.1, 0.15) is 6.04 Å². The Morgan fingerprint density at radius 1 is 1.06 bits per heavy atom. The summed E-state index contributed by atoms with van der Waals surface area (Å²) in [5.74, 6) is 0.531. The third kappa shape index (κ3) is 5.68. The molecular weight excluding hydrogens is 408 g/mol. The molecule has 0 aromatic heterocycles. The highest BCUT2D eigenvalue weighted by Crippen LogP contribution is 2.28. The van der Waals surface area contributed by atoms with E-state index >= 15 is 0 Å². The number of ether oxygens (including phenoxy) is 3. The van der Waals surface area contributed by atoms with Crippen LogP contribution in [0.1, 0.15) is 29.3 Å². The Morgan fingerprint density at radius 3 is 2.44 bits per heavy atom. The number of nitrogens with zero attached hydrogens (tertiary/aromatic N) is 1. The highest BCUT2D eigenvalue weighted by atomic mass is 16.5. The van der Waals surface area contributed by atoms with Crippen LogP contribution in [0.3, 0.4) is 0 Å². The van der Waals surface area contributed by atoms with Gasteiger partial charge in [-0.1, -0.05) is 42.0 Å². The molecule has 0 spiro atoms. The highest BCUT2D eigenvalue weighted by Gasteiger charge is 2.38. The van der Waals surface area contributed by atoms with E-state index in [0.717, 1.165) is 11.1 Å². The predicted octanol–water partition coefficient (Wildman–Crippen LogP) is 3.15. The molecule has 0 saturated carbocycles. The van der Waals surface area contributed by atoms with Gasteiger partial charge in [-0.15, -0.1) is 0 Å². The summed E-state index contributed by atoms with van der Waals surface area (Å²) < 4.78 is 15.5. The van der Waals surface area contributed by atoms with Gasteiger partial charge < -0.3 is 19.5 Å². The standard InChI is InChI=1S/C25H30N2O5/c1-17(12-18-8-6-5-7-9-18)15-27-16-20(14-21(27)25(29)32-4)26-24(28)19-10-11-22(30-2)23(13-19)31-3/h5-13,20-21H,14-16H2,1-4H3,(H,26,28)/b17-12+/t20-,21-/m0/s1. The minimum Gasteiger partial charge on any atom is -0.493 e. The maximum atomic E-state index is 12.8. The van der Waals surface area contributed by atoms with Gasteiger partial charge in [0.2, 0.25) is 0 Å². The van der Waals surface area contributed by atoms with Crippen molar-refractivity contribution in [3.8, 4) is 11.5 Å². The number of carbonyl (C=O) groups excluding carboxylic acids is 2. The number of hydrogen-bond acceptors (Lipinski definition) is 6. The van der Waals surface area contributed by atoms with Crippen molar-refractivity contribution < 1.29 is 23.8 Å². The zero-order chi connectivity index (χ0) is 23.1. The largest absolute Gasteiger partial charge is 0.493 e. The lowest BCUT2D eigenvalue weighted by molar-refractivity contribution is -0.145. The van der Waals surface area contributed by atoms with Crippen LogP contribution in [0.25, 0.3) is 6.08 Å². The average Bonchev–Trinajstić information content (AvgIpc) is 3.20. The molecule has 0 unspecified atom stereocenters. The zero-order valence-corrected chi connectivity index (χ0v) is 19.0. The van der Waals surface area contributed by atoms with Crippen LogP contribution in [-0.4, -0.2) is 63.3 Å². The molecule has 32 heavy (non-hydrogen) atoms. The van der Waals surface area contributed by atoms with Crippen molar-refractivity contribution in [2.75, 3.05) is 34.4 Å². The van der Waals surface area contributed by atoms with Crippen molar-refractivity contribution in [3.63, 3.8) is 0 Å². The van der Waals surface area contributed by atoms with Gasteiger partial charge in [-0.05, 0) is 37.1 Å². The molecule has 1 fully saturated rings. The lowest BCUT2D eigenvalue weighted by Gasteiger charge is -2.22. The molecule has 2 atom stereocenters. The van der Waals surface area contributed by atoms with E-state index < -0.39 is 6.04 Å². The van der Waals surface area contributed by atoms with E-state index in [-0.39, 0.29) is 17.9 Å². The molecule has 1 aliphatic heterocycles. The van der Waals surface area contributed by atoms with Crippen LogP contribution in [0, 0.1) is 0 Å². The fourth-order valence-corrected chi connectivity index (χ4v) is 4.01. The molecule has 1 aliphatic rings. The lowest BCUT2D eigenvalue weighted by Crippen LogP contribution is -2.39. The Bertz CT molecular complexity index is 974. The molecule has 2 aromatic rings. The number of hydrogen-bond donors (Lipinski definition) is 1. The molecular formula is C25H30N2O5. The number of benzene rings is 2. The van der Waals surface area contributed by atoms with Crippen LogP contribution < -0.4 is 14.8 Å². The Morgan fingerprint density at radius 2 is 1.78 bits per heavy atom. The van der Waals surface area contributed by atoms with E-state index in [1.165, 1.54) is 14.2 Å². The van der Waals surface area contributed by atoms with Gasteiger partial charge in [0.25, 0.3) is 5.91 Å². The summed E-state index contributed by atoms with van der Waals surface area (Å²) in [6.45, 7) is 3.20. The van der Waals surface area contributed by atoms with E-state index in [4.69, 9.17) is 14.2 Å². The Balaban J connectivity index is 1.70. The zero-order valence-electron chi connectivity index (χ0n) is 19.0. The number of nitrogens with one attached hydrogen (secondary N) is 1. The summed E-state index contributed by atoms with van der Waals surface area (Å²) in [7, 11) is 4.47. The fourth-order valence-electron chi connectivity index (χ4n) is 4.01. The molecule has 7 nitrogen and oxygen atoms in total. The first-order valence-electron chi connectivity index (χ1n) is 10.5. The molecule has 3 rings (SSSR count). The Kier molecular flexibility index (Phi) is 7.89. The number of carbonyl (C=O) groups is 2. The minimum atomic E-state index is -0.408. The van der Waals surface area contributed by atoms with Gasteiger partial charge in [-0.2, -0.15) is 0 Å². The summed E-state index contributed by atoms with van der Waals surface area (Å²) in [6, 6.07) is 14.5. The molecule has 1 heterocycles. The number of methoxy groups -OCH3 is 3. The molecule has 1 N–H and O–H groups in total. The molecule has 1 amide bonds. The van der Waals surface area contributed by atoms with E-state index in [2.05, 4.69) is 16.3 Å². The van der Waals surface area contributed by atoms with Crippen LogP contribution in [0.4, 0.5) is 0 Å². The SMILES string of the molecule is COC(=O)[C@@H]1C[C@H](NC(=O)c2ccc(OC)c(OC)c2)CN1C/C(C)=C/c1ccccc1. The predicted molar refractivity (Wildman–Crippen MR) is 123 cm³/mol. The number of amides is 1. The second kappa shape index (κ2) is 10.8. The van der Waals surface area contributed by atoms with E-state index in [0.29, 0.717) is 36.6 Å². The Labute approximate surface area is 189 Å². The van der Waals surface area contributed by atoms with E-state index in [1.807, 2.05) is 37.3 Å². The van der Waals surface area contributed by atoms with Crippen molar-refractivity contribution in [3.05, 3.63) is 65.2 Å². The van der Waals surface area contributed by atoms with Gasteiger partial charge in [0, 0.05) is 24.7 Å². The molecule has 170 valence electrons. The number of rotatable bonds is 8. The van der Waals surface area contributed by atoms with Crippen molar-refractivity contribution in [2.45, 2.75) is 25.4 Å². The Hall–Kier alpha value is -3.32. The average molecular weight is 439 g/mol. The molecule has 1 saturated heterocycles. The second-order valence-corrected chi connectivity index (χ2v) is 7.85. The summed E-state index contributed by atoms with van der Waals surface area (Å²) in [6.07, 6.45) is 2.59. The smallest absolute Gasteiger partial charge is 0.323 e. The highest BCUT2D eigenvalue weighted by molar-refractivity contribution is 5.95. The summed E-state index contributed by atoms with van der Waals surface area (Å²) in [5, 5.41) is 3.04. The van der Waals surface area contributed by atoms with Crippen LogP contribution in [-0.2, 0) is 9.53 Å². The third-order valence-electron chi connectivity index (χ3n) is 5.52. The minimum absolute atomic E-state index is 0.177. The molecule has 7 heteroatoms. The molecule has 2 aromatic carbocycles. The molecule has 0 radical (unpaired) electrons. The lowest BCUT2D eigenvalue weighted by atomic mass is 10.1. The van der Waals surface area contributed by atoms with Crippen LogP contribution in [0.2, 0.25) is 0 Å². The van der Waals surface area contributed by atoms with Crippen molar-refractivity contribution in [1.29, 1.82) is 0 Å². The maximum absolute atomic E-state index is 12.8. The monoisotopic (exact) mass is 438 g/mol. The number of esters is 1. The first kappa shape index (κ1) is 23.3.